The number of thioether (sulfide) groups is 1. The van der Waals surface area contributed by atoms with Crippen molar-refractivity contribution >= 4 is 31.2 Å². The first-order valence-electron chi connectivity index (χ1n) is 19.2. The van der Waals surface area contributed by atoms with E-state index in [2.05, 4.69) is 52.1 Å². The average molecular weight is 745 g/mol. The molecule has 4 aliphatic rings. The summed E-state index contributed by atoms with van der Waals surface area (Å²) in [7, 11) is -2.20. The van der Waals surface area contributed by atoms with E-state index in [4.69, 9.17) is 18.6 Å². The number of rotatable bonds is 13. The fourth-order valence-corrected chi connectivity index (χ4v) is 12.4. The van der Waals surface area contributed by atoms with E-state index in [-0.39, 0.29) is 41.8 Å². The molecule has 0 amide bonds. The predicted molar refractivity (Wildman–Crippen MR) is 207 cm³/mol. The Kier molecular flexibility index (Phi) is 10.8. The summed E-state index contributed by atoms with van der Waals surface area (Å²) in [6, 6.07) is 20.4. The van der Waals surface area contributed by atoms with Crippen molar-refractivity contribution in [1.29, 1.82) is 0 Å². The molecule has 1 unspecified atom stereocenters. The summed E-state index contributed by atoms with van der Waals surface area (Å²) in [4.78, 5) is 14.6. The molecule has 0 radical (unpaired) electrons. The van der Waals surface area contributed by atoms with Gasteiger partial charge in [-0.25, -0.2) is 0 Å². The fourth-order valence-electron chi connectivity index (χ4n) is 9.15. The van der Waals surface area contributed by atoms with Gasteiger partial charge < -0.3 is 28.8 Å². The van der Waals surface area contributed by atoms with Gasteiger partial charge in [-0.1, -0.05) is 119 Å². The second-order valence-electron chi connectivity index (χ2n) is 17.1. The standard InChI is InChI=1S/C43H56O7SSi/c1-41(2,3)52(4,5)39-34-24-42(25-37(45)49-40(42)51-32-19-13-9-14-20-32)36-22-30(18-12-6-7-15-21-47-27-29-16-10-8-11-17-29)33-23-31(26-44)50-43(36,46)38(33)35(34)28-48-39/h8-11,13-14,16-17,19-20,22,28,30-31,33,38,40,44,46H,6-7,12,15,18,21,23-27H2,1-5H3/t30-,31+,33+,38+,40?,42-,43-/m0/s1. The lowest BCUT2D eigenvalue weighted by atomic mass is 9.59. The highest BCUT2D eigenvalue weighted by Crippen LogP contribution is 2.65. The minimum Gasteiger partial charge on any atom is -0.474 e. The minimum absolute atomic E-state index is 0.00694. The zero-order valence-electron chi connectivity index (χ0n) is 31.4. The van der Waals surface area contributed by atoms with Gasteiger partial charge in [-0.15, -0.1) is 0 Å². The van der Waals surface area contributed by atoms with Gasteiger partial charge in [0.05, 0.1) is 42.8 Å². The number of fused-ring (bicyclic) bond motifs is 2. The summed E-state index contributed by atoms with van der Waals surface area (Å²) in [5.41, 5.74) is 2.65. The van der Waals surface area contributed by atoms with Gasteiger partial charge in [0.2, 0.25) is 0 Å². The molecule has 1 aromatic heterocycles. The lowest BCUT2D eigenvalue weighted by Crippen LogP contribution is -2.59. The third-order valence-corrected chi connectivity index (χ3v) is 19.4. The van der Waals surface area contributed by atoms with Gasteiger partial charge in [0.15, 0.2) is 11.2 Å². The van der Waals surface area contributed by atoms with Gasteiger partial charge in [-0.2, -0.15) is 0 Å². The van der Waals surface area contributed by atoms with Crippen LogP contribution in [0.25, 0.3) is 0 Å². The van der Waals surface area contributed by atoms with Crippen LogP contribution in [-0.2, 0) is 32.0 Å². The molecular weight excluding hydrogens is 689 g/mol. The summed E-state index contributed by atoms with van der Waals surface area (Å²) in [5.74, 6) is -2.16. The molecule has 7 nitrogen and oxygen atoms in total. The molecule has 3 heterocycles. The Balaban J connectivity index is 1.23. The summed E-state index contributed by atoms with van der Waals surface area (Å²) >= 11 is 1.55. The topological polar surface area (TPSA) is 98.4 Å². The number of furan rings is 1. The zero-order chi connectivity index (χ0) is 36.7. The van der Waals surface area contributed by atoms with Crippen molar-refractivity contribution in [3.05, 3.63) is 95.3 Å². The Morgan fingerprint density at radius 2 is 1.69 bits per heavy atom. The summed E-state index contributed by atoms with van der Waals surface area (Å²) in [6.07, 6.45) is 10.2. The molecule has 2 fully saturated rings. The van der Waals surface area contributed by atoms with Crippen LogP contribution in [0.4, 0.5) is 0 Å². The quantitative estimate of drug-likeness (QED) is 0.0779. The number of carbonyl (C=O) groups is 1. The van der Waals surface area contributed by atoms with Gasteiger partial charge in [-0.05, 0) is 71.4 Å². The van der Waals surface area contributed by atoms with Gasteiger partial charge >= 0.3 is 5.97 Å². The minimum atomic E-state index is -2.20. The molecule has 52 heavy (non-hydrogen) atoms. The molecule has 4 bridgehead atoms. The van der Waals surface area contributed by atoms with E-state index in [9.17, 15) is 15.0 Å². The second kappa shape index (κ2) is 14.9. The van der Waals surface area contributed by atoms with Crippen molar-refractivity contribution in [2.45, 2.75) is 125 Å². The van der Waals surface area contributed by atoms with Crippen molar-refractivity contribution < 1.29 is 33.6 Å². The monoisotopic (exact) mass is 744 g/mol. The van der Waals surface area contributed by atoms with Crippen LogP contribution in [0, 0.1) is 17.3 Å². The van der Waals surface area contributed by atoms with Crippen LogP contribution in [-0.4, -0.2) is 54.8 Å². The molecular formula is C43H56O7SSi. The Labute approximate surface area is 314 Å². The number of hydrogen-bond donors (Lipinski definition) is 2. The van der Waals surface area contributed by atoms with Crippen LogP contribution in [0.3, 0.4) is 0 Å². The van der Waals surface area contributed by atoms with Crippen molar-refractivity contribution in [1.82, 2.24) is 0 Å². The predicted octanol–water partition coefficient (Wildman–Crippen LogP) is 8.50. The Bertz CT molecular complexity index is 1730. The maximum Gasteiger partial charge on any atom is 0.308 e. The normalized spacial score (nSPS) is 29.8. The summed E-state index contributed by atoms with van der Waals surface area (Å²) in [6.45, 7) is 12.8. The van der Waals surface area contributed by atoms with E-state index >= 15 is 0 Å². The maximum absolute atomic E-state index is 13.6. The number of unbranched alkanes of at least 4 members (excludes halogenated alkanes) is 3. The molecule has 9 heteroatoms. The van der Waals surface area contributed by atoms with Crippen LogP contribution in [0.5, 0.6) is 0 Å². The molecule has 2 saturated heterocycles. The number of hydrogen-bond acceptors (Lipinski definition) is 8. The number of carbonyl (C=O) groups excluding carboxylic acids is 1. The number of allylic oxidation sites excluding steroid dienone is 1. The first kappa shape index (κ1) is 37.6. The largest absolute Gasteiger partial charge is 0.474 e. The van der Waals surface area contributed by atoms with E-state index in [1.165, 1.54) is 5.56 Å². The Hall–Kier alpha value is -2.66. The third-order valence-electron chi connectivity index (χ3n) is 12.8. The van der Waals surface area contributed by atoms with Gasteiger partial charge in [0.1, 0.15) is 8.07 Å². The lowest BCUT2D eigenvalue weighted by molar-refractivity contribution is -0.275. The van der Waals surface area contributed by atoms with Gasteiger partial charge in [0.25, 0.3) is 0 Å². The SMILES string of the molecule is CC(C)(C)[Si](C)(C)c1occ2c1C[C@]1(CC(=O)OC1Sc1ccccc1)C1=C[C@H](CCCCCCOCc3ccccc3)[C@H]3C[C@H](CO)O[C@]1(O)[C@@H]23. The van der Waals surface area contributed by atoms with Crippen molar-refractivity contribution in [3.8, 4) is 0 Å². The van der Waals surface area contributed by atoms with Crippen LogP contribution >= 0.6 is 11.8 Å². The second-order valence-corrected chi connectivity index (χ2v) is 23.5. The van der Waals surface area contributed by atoms with E-state index < -0.39 is 30.8 Å². The molecule has 3 aromatic rings. The molecule has 0 saturated carbocycles. The highest BCUT2D eigenvalue weighted by molar-refractivity contribution is 7.99. The average Bonchev–Trinajstić information content (AvgIpc) is 3.65. The van der Waals surface area contributed by atoms with E-state index in [0.717, 1.165) is 65.7 Å². The van der Waals surface area contributed by atoms with Crippen LogP contribution in [0.15, 0.2) is 87.9 Å². The van der Waals surface area contributed by atoms with Crippen LogP contribution < -0.4 is 5.38 Å². The Morgan fingerprint density at radius 3 is 2.40 bits per heavy atom. The molecule has 1 spiro atoms. The lowest BCUT2D eigenvalue weighted by Gasteiger charge is -2.55. The Morgan fingerprint density at radius 1 is 0.981 bits per heavy atom. The van der Waals surface area contributed by atoms with Gasteiger partial charge in [-0.3, -0.25) is 4.79 Å². The number of ether oxygens (including phenoxy) is 3. The summed E-state index contributed by atoms with van der Waals surface area (Å²) < 4.78 is 25.6. The number of benzene rings is 2. The van der Waals surface area contributed by atoms with Crippen molar-refractivity contribution in [2.24, 2.45) is 17.3 Å². The molecule has 2 aliphatic carbocycles. The number of esters is 1. The molecule has 280 valence electrons. The van der Waals surface area contributed by atoms with Crippen LogP contribution in [0.1, 0.15) is 88.3 Å². The molecule has 2 aliphatic heterocycles. The van der Waals surface area contributed by atoms with Gasteiger partial charge in [0, 0.05) is 23.0 Å². The van der Waals surface area contributed by atoms with Crippen LogP contribution in [0.2, 0.25) is 18.1 Å². The molecule has 2 N–H and O–H groups in total. The molecule has 7 atom stereocenters. The highest BCUT2D eigenvalue weighted by Gasteiger charge is 2.68. The first-order chi connectivity index (χ1) is 24.9. The number of cyclic esters (lactones) is 1. The molecule has 7 rings (SSSR count). The van der Waals surface area contributed by atoms with E-state index in [1.54, 1.807) is 11.8 Å². The number of aliphatic hydroxyl groups is 2. The first-order valence-corrected chi connectivity index (χ1v) is 23.1. The van der Waals surface area contributed by atoms with E-state index in [1.807, 2.05) is 54.8 Å². The fraction of sp³-hybridized carbons (Fsp3) is 0.558. The highest BCUT2D eigenvalue weighted by atomic mass is 32.2. The van der Waals surface area contributed by atoms with E-state index in [0.29, 0.717) is 19.4 Å². The summed E-state index contributed by atoms with van der Waals surface area (Å²) in [5, 5.41) is 24.7. The smallest absolute Gasteiger partial charge is 0.308 e. The maximum atomic E-state index is 13.6. The third kappa shape index (κ3) is 6.90. The number of aliphatic hydroxyl groups excluding tert-OH is 1. The molecule has 2 aromatic carbocycles. The van der Waals surface area contributed by atoms with Crippen molar-refractivity contribution in [3.63, 3.8) is 0 Å². The van der Waals surface area contributed by atoms with Crippen molar-refractivity contribution in [2.75, 3.05) is 13.2 Å². The zero-order valence-corrected chi connectivity index (χ0v) is 33.3.